The average molecular weight is 464 g/mol. The molecule has 6 nitrogen and oxygen atoms in total. The normalized spacial score (nSPS) is 11.4. The SMILES string of the molecule is CCCCOc1ccc(-c2cc3c4nnc(SCc5cccc(Cl)c5)n4ccn3n2)cc1. The van der Waals surface area contributed by atoms with E-state index in [9.17, 15) is 0 Å². The first kappa shape index (κ1) is 20.8. The number of aromatic nitrogens is 5. The van der Waals surface area contributed by atoms with Crippen LogP contribution >= 0.6 is 23.4 Å². The summed E-state index contributed by atoms with van der Waals surface area (Å²) in [5.74, 6) is 1.65. The van der Waals surface area contributed by atoms with Gasteiger partial charge in [0, 0.05) is 28.7 Å². The number of thioether (sulfide) groups is 1. The summed E-state index contributed by atoms with van der Waals surface area (Å²) < 4.78 is 9.61. The summed E-state index contributed by atoms with van der Waals surface area (Å²) in [5.41, 5.74) is 4.75. The molecule has 32 heavy (non-hydrogen) atoms. The second-order valence-electron chi connectivity index (χ2n) is 7.48. The predicted octanol–water partition coefficient (Wildman–Crippen LogP) is 6.17. The number of hydrogen-bond acceptors (Lipinski definition) is 5. The zero-order valence-electron chi connectivity index (χ0n) is 17.6. The zero-order chi connectivity index (χ0) is 21.9. The fourth-order valence-corrected chi connectivity index (χ4v) is 4.53. The van der Waals surface area contributed by atoms with Crippen LogP contribution in [0.5, 0.6) is 5.75 Å². The Balaban J connectivity index is 1.39. The van der Waals surface area contributed by atoms with Crippen molar-refractivity contribution in [3.05, 3.63) is 77.6 Å². The van der Waals surface area contributed by atoms with Gasteiger partial charge in [-0.2, -0.15) is 5.10 Å². The molecule has 162 valence electrons. The van der Waals surface area contributed by atoms with E-state index in [-0.39, 0.29) is 0 Å². The Morgan fingerprint density at radius 1 is 1.03 bits per heavy atom. The van der Waals surface area contributed by atoms with E-state index in [1.165, 1.54) is 0 Å². The monoisotopic (exact) mass is 463 g/mol. The van der Waals surface area contributed by atoms with Crippen LogP contribution in [0.25, 0.3) is 22.4 Å². The van der Waals surface area contributed by atoms with E-state index in [1.54, 1.807) is 11.8 Å². The van der Waals surface area contributed by atoms with Crippen LogP contribution in [0.3, 0.4) is 0 Å². The minimum Gasteiger partial charge on any atom is -0.494 e. The Morgan fingerprint density at radius 3 is 2.72 bits per heavy atom. The lowest BCUT2D eigenvalue weighted by Crippen LogP contribution is -1.96. The van der Waals surface area contributed by atoms with Crippen molar-refractivity contribution in [3.8, 4) is 17.0 Å². The number of rotatable bonds is 8. The molecular weight excluding hydrogens is 442 g/mol. The first-order valence-electron chi connectivity index (χ1n) is 10.5. The fourth-order valence-electron chi connectivity index (χ4n) is 3.46. The third kappa shape index (κ3) is 4.31. The van der Waals surface area contributed by atoms with Crippen molar-refractivity contribution in [2.75, 3.05) is 6.61 Å². The molecule has 0 fully saturated rings. The standard InChI is InChI=1S/C24H22ClN5OS/c1-2-3-13-31-20-9-7-18(8-10-20)21-15-22-23-26-27-24(29(23)11-12-30(22)28-21)32-16-17-5-4-6-19(25)14-17/h4-12,14-15H,2-3,13,16H2,1H3. The van der Waals surface area contributed by atoms with E-state index in [2.05, 4.69) is 23.2 Å². The molecule has 0 saturated heterocycles. The highest BCUT2D eigenvalue weighted by Gasteiger charge is 2.13. The van der Waals surface area contributed by atoms with Crippen molar-refractivity contribution >= 4 is 34.5 Å². The molecule has 5 rings (SSSR count). The summed E-state index contributed by atoms with van der Waals surface area (Å²) in [6.45, 7) is 2.90. The number of benzene rings is 2. The summed E-state index contributed by atoms with van der Waals surface area (Å²) in [4.78, 5) is 0. The zero-order valence-corrected chi connectivity index (χ0v) is 19.2. The Labute approximate surface area is 195 Å². The molecule has 0 spiro atoms. The van der Waals surface area contributed by atoms with E-state index >= 15 is 0 Å². The van der Waals surface area contributed by atoms with Gasteiger partial charge in [0.15, 0.2) is 10.8 Å². The summed E-state index contributed by atoms with van der Waals surface area (Å²) in [6, 6.07) is 18.0. The Kier molecular flexibility index (Phi) is 6.01. The predicted molar refractivity (Wildman–Crippen MR) is 129 cm³/mol. The molecule has 0 amide bonds. The van der Waals surface area contributed by atoms with Gasteiger partial charge in [-0.1, -0.05) is 48.8 Å². The second-order valence-corrected chi connectivity index (χ2v) is 8.86. The maximum absolute atomic E-state index is 6.10. The van der Waals surface area contributed by atoms with Crippen molar-refractivity contribution < 1.29 is 4.74 Å². The van der Waals surface area contributed by atoms with Gasteiger partial charge in [0.25, 0.3) is 0 Å². The molecule has 0 aliphatic rings. The summed E-state index contributed by atoms with van der Waals surface area (Å²) in [7, 11) is 0. The van der Waals surface area contributed by atoms with Gasteiger partial charge in [-0.15, -0.1) is 10.2 Å². The topological polar surface area (TPSA) is 56.7 Å². The quantitative estimate of drug-likeness (QED) is 0.203. The van der Waals surface area contributed by atoms with Crippen molar-refractivity contribution in [2.45, 2.75) is 30.7 Å². The molecule has 0 radical (unpaired) electrons. The smallest absolute Gasteiger partial charge is 0.196 e. The van der Waals surface area contributed by atoms with E-state index < -0.39 is 0 Å². The third-order valence-corrected chi connectivity index (χ3v) is 6.41. The Bertz CT molecular complexity index is 1360. The molecule has 3 heterocycles. The van der Waals surface area contributed by atoms with Gasteiger partial charge in [-0.3, -0.25) is 4.40 Å². The van der Waals surface area contributed by atoms with E-state index in [1.807, 2.05) is 69.8 Å². The van der Waals surface area contributed by atoms with Crippen molar-refractivity contribution in [1.82, 2.24) is 24.2 Å². The highest BCUT2D eigenvalue weighted by atomic mass is 35.5. The van der Waals surface area contributed by atoms with E-state index in [4.69, 9.17) is 21.4 Å². The molecule has 0 bridgehead atoms. The van der Waals surface area contributed by atoms with Gasteiger partial charge in [-0.05, 0) is 54.4 Å². The lowest BCUT2D eigenvalue weighted by atomic mass is 10.1. The van der Waals surface area contributed by atoms with Gasteiger partial charge in [0.2, 0.25) is 0 Å². The highest BCUT2D eigenvalue weighted by molar-refractivity contribution is 7.98. The maximum Gasteiger partial charge on any atom is 0.196 e. The van der Waals surface area contributed by atoms with Gasteiger partial charge < -0.3 is 4.74 Å². The molecule has 0 N–H and O–H groups in total. The van der Waals surface area contributed by atoms with Crippen LogP contribution in [-0.2, 0) is 5.75 Å². The molecule has 3 aromatic heterocycles. The van der Waals surface area contributed by atoms with E-state index in [0.717, 1.165) is 69.1 Å². The number of hydrogen-bond donors (Lipinski definition) is 0. The number of ether oxygens (including phenoxy) is 1. The van der Waals surface area contributed by atoms with Crippen LogP contribution in [0, 0.1) is 0 Å². The summed E-state index contributed by atoms with van der Waals surface area (Å²) in [6.07, 6.45) is 6.06. The first-order chi connectivity index (χ1) is 15.7. The molecule has 0 aliphatic carbocycles. The Morgan fingerprint density at radius 2 is 1.91 bits per heavy atom. The van der Waals surface area contributed by atoms with Crippen LogP contribution in [0.4, 0.5) is 0 Å². The average Bonchev–Trinajstić information content (AvgIpc) is 3.42. The van der Waals surface area contributed by atoms with Gasteiger partial charge >= 0.3 is 0 Å². The molecule has 5 aromatic rings. The van der Waals surface area contributed by atoms with Crippen LogP contribution in [0.15, 0.2) is 72.1 Å². The van der Waals surface area contributed by atoms with Crippen molar-refractivity contribution in [1.29, 1.82) is 0 Å². The molecular formula is C24H22ClN5OS. The minimum atomic E-state index is 0.739. The number of fused-ring (bicyclic) bond motifs is 3. The van der Waals surface area contributed by atoms with Crippen LogP contribution in [-0.4, -0.2) is 30.8 Å². The largest absolute Gasteiger partial charge is 0.494 e. The van der Waals surface area contributed by atoms with Gasteiger partial charge in [0.05, 0.1) is 12.3 Å². The van der Waals surface area contributed by atoms with E-state index in [0.29, 0.717) is 0 Å². The minimum absolute atomic E-state index is 0.739. The Hall–Kier alpha value is -3.03. The van der Waals surface area contributed by atoms with Crippen LogP contribution < -0.4 is 4.74 Å². The maximum atomic E-state index is 6.10. The first-order valence-corrected chi connectivity index (χ1v) is 11.9. The lowest BCUT2D eigenvalue weighted by Gasteiger charge is -2.05. The molecule has 0 aliphatic heterocycles. The van der Waals surface area contributed by atoms with Crippen LogP contribution in [0.1, 0.15) is 25.3 Å². The van der Waals surface area contributed by atoms with Crippen molar-refractivity contribution in [3.63, 3.8) is 0 Å². The summed E-state index contributed by atoms with van der Waals surface area (Å²) in [5, 5.41) is 15.1. The highest BCUT2D eigenvalue weighted by Crippen LogP contribution is 2.27. The number of nitrogens with zero attached hydrogens (tertiary/aromatic N) is 5. The van der Waals surface area contributed by atoms with Crippen molar-refractivity contribution in [2.24, 2.45) is 0 Å². The molecule has 0 atom stereocenters. The van der Waals surface area contributed by atoms with Gasteiger partial charge in [0.1, 0.15) is 11.3 Å². The van der Waals surface area contributed by atoms with Crippen LogP contribution in [0.2, 0.25) is 5.02 Å². The third-order valence-electron chi connectivity index (χ3n) is 5.16. The van der Waals surface area contributed by atoms with Gasteiger partial charge in [-0.25, -0.2) is 4.52 Å². The molecule has 0 saturated carbocycles. The summed E-state index contributed by atoms with van der Waals surface area (Å²) >= 11 is 7.72. The number of halogens is 1. The fraction of sp³-hybridized carbons (Fsp3) is 0.208. The molecule has 2 aromatic carbocycles. The number of unbranched alkanes of at least 4 members (excludes halogenated alkanes) is 1. The second kappa shape index (κ2) is 9.22. The lowest BCUT2D eigenvalue weighted by molar-refractivity contribution is 0.309. The molecule has 0 unspecified atom stereocenters. The molecule has 8 heteroatoms.